The van der Waals surface area contributed by atoms with E-state index in [4.69, 9.17) is 17.0 Å². The van der Waals surface area contributed by atoms with E-state index in [0.717, 1.165) is 12.1 Å². The van der Waals surface area contributed by atoms with Crippen LogP contribution in [0.3, 0.4) is 0 Å². The number of amides is 1. The molecular formula is C15H12N4O7S. The second-order valence-electron chi connectivity index (χ2n) is 5.00. The van der Waals surface area contributed by atoms with Crippen LogP contribution in [-0.4, -0.2) is 32.6 Å². The number of hydrogen-bond acceptors (Lipinski definition) is 8. The highest BCUT2D eigenvalue weighted by atomic mass is 32.1. The minimum atomic E-state index is -0.668. The Morgan fingerprint density at radius 1 is 1.07 bits per heavy atom. The molecule has 0 aliphatic carbocycles. The van der Waals surface area contributed by atoms with Gasteiger partial charge < -0.3 is 15.2 Å². The van der Waals surface area contributed by atoms with Gasteiger partial charge in [-0.15, -0.1) is 0 Å². The van der Waals surface area contributed by atoms with Gasteiger partial charge in [0.25, 0.3) is 17.3 Å². The largest absolute Gasteiger partial charge is 0.506 e. The summed E-state index contributed by atoms with van der Waals surface area (Å²) in [6, 6.07) is 8.48. The Balaban J connectivity index is 1.85. The molecule has 12 heteroatoms. The molecule has 0 aliphatic heterocycles. The second kappa shape index (κ2) is 8.53. The molecule has 0 saturated carbocycles. The second-order valence-corrected chi connectivity index (χ2v) is 5.41. The summed E-state index contributed by atoms with van der Waals surface area (Å²) in [7, 11) is 0. The van der Waals surface area contributed by atoms with Gasteiger partial charge in [-0.1, -0.05) is 0 Å². The molecule has 0 unspecified atom stereocenters. The predicted octanol–water partition coefficient (Wildman–Crippen LogP) is 2.10. The molecule has 2 rings (SSSR count). The van der Waals surface area contributed by atoms with E-state index in [2.05, 4.69) is 10.6 Å². The Kier molecular flexibility index (Phi) is 6.17. The third kappa shape index (κ3) is 5.61. The minimum Gasteiger partial charge on any atom is -0.506 e. The summed E-state index contributed by atoms with van der Waals surface area (Å²) in [5.74, 6) is -0.780. The normalized spacial score (nSPS) is 9.93. The molecule has 0 spiro atoms. The van der Waals surface area contributed by atoms with Crippen LogP contribution in [0.5, 0.6) is 11.5 Å². The van der Waals surface area contributed by atoms with Gasteiger partial charge in [0, 0.05) is 18.2 Å². The fourth-order valence-corrected chi connectivity index (χ4v) is 2.09. The fraction of sp³-hybridized carbons (Fsp3) is 0.0667. The van der Waals surface area contributed by atoms with Gasteiger partial charge in [0.1, 0.15) is 11.5 Å². The number of nitrogens with zero attached hydrogens (tertiary/aromatic N) is 2. The number of hydrogen-bond donors (Lipinski definition) is 3. The maximum absolute atomic E-state index is 11.8. The Morgan fingerprint density at radius 3 is 2.22 bits per heavy atom. The predicted molar refractivity (Wildman–Crippen MR) is 97.7 cm³/mol. The summed E-state index contributed by atoms with van der Waals surface area (Å²) in [6.45, 7) is -0.411. The molecule has 0 heterocycles. The quantitative estimate of drug-likeness (QED) is 0.290. The van der Waals surface area contributed by atoms with E-state index in [9.17, 15) is 30.1 Å². The summed E-state index contributed by atoms with van der Waals surface area (Å²) in [6.07, 6.45) is 0. The lowest BCUT2D eigenvalue weighted by Crippen LogP contribution is -2.37. The van der Waals surface area contributed by atoms with Crippen molar-refractivity contribution in [2.45, 2.75) is 0 Å². The molecule has 2 aromatic carbocycles. The lowest BCUT2D eigenvalue weighted by molar-refractivity contribution is -0.385. The van der Waals surface area contributed by atoms with E-state index in [-0.39, 0.29) is 27.9 Å². The first-order valence-electron chi connectivity index (χ1n) is 7.22. The van der Waals surface area contributed by atoms with Gasteiger partial charge in [0.05, 0.1) is 21.6 Å². The number of aromatic hydroxyl groups is 1. The van der Waals surface area contributed by atoms with Crippen molar-refractivity contribution in [2.75, 3.05) is 11.9 Å². The van der Waals surface area contributed by atoms with Gasteiger partial charge in [-0.2, -0.15) is 0 Å². The van der Waals surface area contributed by atoms with Crippen LogP contribution < -0.4 is 15.4 Å². The SMILES string of the molecule is O=C(COc1ccc([N+](=O)[O-])cc1)NC(=S)Nc1ccc([N+](=O)[O-])cc1O. The highest BCUT2D eigenvalue weighted by Crippen LogP contribution is 2.27. The maximum atomic E-state index is 11.8. The van der Waals surface area contributed by atoms with Crippen molar-refractivity contribution in [1.82, 2.24) is 5.32 Å². The van der Waals surface area contributed by atoms with Gasteiger partial charge in [-0.05, 0) is 30.4 Å². The van der Waals surface area contributed by atoms with Crippen LogP contribution in [0.25, 0.3) is 0 Å². The smallest absolute Gasteiger partial charge is 0.273 e. The molecule has 0 aromatic heterocycles. The number of nitrogens with one attached hydrogen (secondary N) is 2. The van der Waals surface area contributed by atoms with Crippen LogP contribution >= 0.6 is 12.2 Å². The Bertz CT molecular complexity index is 902. The Morgan fingerprint density at radius 2 is 1.67 bits per heavy atom. The van der Waals surface area contributed by atoms with Crippen molar-refractivity contribution in [3.8, 4) is 11.5 Å². The minimum absolute atomic E-state index is 0.0715. The topological polar surface area (TPSA) is 157 Å². The number of phenols is 1. The van der Waals surface area contributed by atoms with Gasteiger partial charge in [-0.25, -0.2) is 0 Å². The average molecular weight is 392 g/mol. The number of anilines is 1. The third-order valence-corrected chi connectivity index (χ3v) is 3.31. The molecule has 0 radical (unpaired) electrons. The van der Waals surface area contributed by atoms with Crippen molar-refractivity contribution in [2.24, 2.45) is 0 Å². The van der Waals surface area contributed by atoms with Crippen molar-refractivity contribution >= 4 is 40.3 Å². The summed E-state index contributed by atoms with van der Waals surface area (Å²) in [4.78, 5) is 31.7. The molecule has 3 N–H and O–H groups in total. The molecule has 2 aromatic rings. The van der Waals surface area contributed by atoms with E-state index in [1.807, 2.05) is 0 Å². The van der Waals surface area contributed by atoms with Crippen LogP contribution in [0.2, 0.25) is 0 Å². The first-order valence-corrected chi connectivity index (χ1v) is 7.62. The number of nitro groups is 2. The van der Waals surface area contributed by atoms with Crippen LogP contribution in [0, 0.1) is 20.2 Å². The van der Waals surface area contributed by atoms with Crippen LogP contribution in [0.15, 0.2) is 42.5 Å². The molecule has 27 heavy (non-hydrogen) atoms. The van der Waals surface area contributed by atoms with Gasteiger partial charge in [0.2, 0.25) is 0 Å². The lowest BCUT2D eigenvalue weighted by atomic mass is 10.2. The molecule has 1 amide bonds. The summed E-state index contributed by atoms with van der Waals surface area (Å²) < 4.78 is 5.17. The monoisotopic (exact) mass is 392 g/mol. The average Bonchev–Trinajstić information content (AvgIpc) is 2.61. The fourth-order valence-electron chi connectivity index (χ4n) is 1.87. The zero-order chi connectivity index (χ0) is 20.0. The van der Waals surface area contributed by atoms with Crippen LogP contribution in [0.4, 0.5) is 17.1 Å². The zero-order valence-electron chi connectivity index (χ0n) is 13.4. The number of thiocarbonyl (C=S) groups is 1. The number of non-ortho nitro benzene ring substituents is 2. The number of nitro benzene ring substituents is 2. The van der Waals surface area contributed by atoms with Gasteiger partial charge in [-0.3, -0.25) is 30.3 Å². The summed E-state index contributed by atoms with van der Waals surface area (Å²) >= 11 is 4.91. The zero-order valence-corrected chi connectivity index (χ0v) is 14.3. The third-order valence-electron chi connectivity index (χ3n) is 3.11. The molecule has 0 bridgehead atoms. The van der Waals surface area contributed by atoms with E-state index < -0.39 is 28.1 Å². The molecule has 11 nitrogen and oxygen atoms in total. The van der Waals surface area contributed by atoms with Gasteiger partial charge >= 0.3 is 0 Å². The van der Waals surface area contributed by atoms with E-state index in [1.165, 1.54) is 30.3 Å². The Hall–Kier alpha value is -3.80. The van der Waals surface area contributed by atoms with Crippen molar-refractivity contribution in [3.05, 3.63) is 62.7 Å². The van der Waals surface area contributed by atoms with E-state index in [1.54, 1.807) is 0 Å². The van der Waals surface area contributed by atoms with Crippen LogP contribution in [-0.2, 0) is 4.79 Å². The number of benzene rings is 2. The highest BCUT2D eigenvalue weighted by molar-refractivity contribution is 7.80. The van der Waals surface area contributed by atoms with Crippen molar-refractivity contribution in [3.63, 3.8) is 0 Å². The standard InChI is InChI=1S/C15H12N4O7S/c20-13-7-10(19(24)25)3-6-12(13)16-15(27)17-14(21)8-26-11-4-1-9(2-5-11)18(22)23/h1-7,20H,8H2,(H2,16,17,21,27). The van der Waals surface area contributed by atoms with Crippen molar-refractivity contribution in [1.29, 1.82) is 0 Å². The lowest BCUT2D eigenvalue weighted by Gasteiger charge is -2.11. The van der Waals surface area contributed by atoms with E-state index >= 15 is 0 Å². The number of carbonyl (C=O) groups is 1. The number of phenolic OH excluding ortho intramolecular Hbond substituents is 1. The Labute approximate surface area is 156 Å². The first-order chi connectivity index (χ1) is 12.8. The van der Waals surface area contributed by atoms with Crippen molar-refractivity contribution < 1.29 is 24.5 Å². The van der Waals surface area contributed by atoms with Gasteiger partial charge in [0.15, 0.2) is 11.7 Å². The highest BCUT2D eigenvalue weighted by Gasteiger charge is 2.12. The first kappa shape index (κ1) is 19.5. The number of ether oxygens (including phenoxy) is 1. The summed E-state index contributed by atoms with van der Waals surface area (Å²) in [5, 5.41) is 35.6. The maximum Gasteiger partial charge on any atom is 0.273 e. The molecule has 0 fully saturated rings. The molecule has 140 valence electrons. The molecular weight excluding hydrogens is 380 g/mol. The van der Waals surface area contributed by atoms with E-state index in [0.29, 0.717) is 0 Å². The van der Waals surface area contributed by atoms with Crippen LogP contribution in [0.1, 0.15) is 0 Å². The summed E-state index contributed by atoms with van der Waals surface area (Å²) in [5.41, 5.74) is -0.341. The molecule has 0 saturated heterocycles. The molecule has 0 aliphatic rings. The number of carbonyl (C=O) groups excluding carboxylic acids is 1. The molecule has 0 atom stereocenters. The number of rotatable bonds is 6.